The van der Waals surface area contributed by atoms with E-state index in [2.05, 4.69) is 66.7 Å². The van der Waals surface area contributed by atoms with Crippen LogP contribution in [0.4, 0.5) is 0 Å². The van der Waals surface area contributed by atoms with Crippen LogP contribution in [0.15, 0.2) is 108 Å². The summed E-state index contributed by atoms with van der Waals surface area (Å²) in [5, 5.41) is 4.03. The molecule has 5 aromatic rings. The number of hydrogen-bond acceptors (Lipinski definition) is 3. The van der Waals surface area contributed by atoms with E-state index in [9.17, 15) is 13.0 Å². The zero-order valence-corrected chi connectivity index (χ0v) is 21.3. The lowest BCUT2D eigenvalue weighted by molar-refractivity contribution is -0.597. The average molecular weight is 566 g/mol. The molecule has 0 radical (unpaired) electrons. The first-order chi connectivity index (χ1) is 15.8. The summed E-state index contributed by atoms with van der Waals surface area (Å²) in [5.41, 5.74) is 2.09. The van der Waals surface area contributed by atoms with Crippen LogP contribution < -0.4 is 21.2 Å². The van der Waals surface area contributed by atoms with Crippen LogP contribution in [0, 0.1) is 21.0 Å². The van der Waals surface area contributed by atoms with E-state index in [1.54, 1.807) is 6.07 Å². The van der Waals surface area contributed by atoms with Crippen LogP contribution in [0.5, 0.6) is 0 Å². The minimum Gasteiger partial charge on any atom is -0.744 e. The molecule has 0 atom stereocenters. The number of fused-ring (bicyclic) bond motifs is 2. The van der Waals surface area contributed by atoms with Crippen LogP contribution in [0.25, 0.3) is 21.5 Å². The van der Waals surface area contributed by atoms with Crippen molar-refractivity contribution in [1.29, 1.82) is 0 Å². The van der Waals surface area contributed by atoms with Crippen molar-refractivity contribution in [2.24, 2.45) is 0 Å². The highest BCUT2D eigenvalue weighted by Crippen LogP contribution is 2.33. The standard InChI is InChI=1S/C16H14O3S.C12H10I/c1-10-13-5-3-4-6-14(13)11(2)16-9-12(20(17,18)19)7-8-15(10)16;1-3-7-11(8-4-1)13-12-9-5-2-6-10-12/h3-9H,1-2H3,(H,17,18,19);1-10H/q;+1/p-1. The Bertz CT molecular complexity index is 1480. The first-order valence-electron chi connectivity index (χ1n) is 10.5. The first-order valence-corrected chi connectivity index (χ1v) is 14.0. The van der Waals surface area contributed by atoms with Crippen molar-refractivity contribution in [1.82, 2.24) is 0 Å². The molecular formula is C28H23IO3S. The van der Waals surface area contributed by atoms with Gasteiger partial charge in [0.25, 0.3) is 0 Å². The van der Waals surface area contributed by atoms with Crippen molar-refractivity contribution >= 4 is 31.7 Å². The third kappa shape index (κ3) is 5.43. The fraction of sp³-hybridized carbons (Fsp3) is 0.0714. The van der Waals surface area contributed by atoms with Gasteiger partial charge >= 0.3 is 21.2 Å². The predicted molar refractivity (Wildman–Crippen MR) is 129 cm³/mol. The molecule has 0 amide bonds. The lowest BCUT2D eigenvalue weighted by Crippen LogP contribution is -3.61. The molecule has 0 fully saturated rings. The average Bonchev–Trinajstić information content (AvgIpc) is 2.83. The molecule has 0 N–H and O–H groups in total. The van der Waals surface area contributed by atoms with Gasteiger partial charge in [-0.15, -0.1) is 0 Å². The molecule has 0 aliphatic heterocycles. The quantitative estimate of drug-likeness (QED) is 0.191. The Balaban J connectivity index is 0.000000172. The van der Waals surface area contributed by atoms with E-state index in [0.717, 1.165) is 32.7 Å². The molecule has 33 heavy (non-hydrogen) atoms. The molecule has 0 heterocycles. The van der Waals surface area contributed by atoms with Crippen molar-refractivity contribution in [2.45, 2.75) is 18.7 Å². The van der Waals surface area contributed by atoms with Crippen molar-refractivity contribution in [2.75, 3.05) is 0 Å². The predicted octanol–water partition coefficient (Wildman–Crippen LogP) is 3.33. The van der Waals surface area contributed by atoms with E-state index in [4.69, 9.17) is 0 Å². The minimum absolute atomic E-state index is 0.0287. The third-order valence-corrected chi connectivity index (χ3v) is 9.02. The third-order valence-electron chi connectivity index (χ3n) is 5.51. The topological polar surface area (TPSA) is 57.2 Å². The fourth-order valence-corrected chi connectivity index (χ4v) is 6.59. The van der Waals surface area contributed by atoms with Crippen molar-refractivity contribution < 1.29 is 34.2 Å². The van der Waals surface area contributed by atoms with E-state index in [1.807, 2.05) is 32.0 Å². The molecular weight excluding hydrogens is 543 g/mol. The van der Waals surface area contributed by atoms with E-state index < -0.39 is 10.1 Å². The molecule has 166 valence electrons. The maximum atomic E-state index is 11.2. The summed E-state index contributed by atoms with van der Waals surface area (Å²) in [7, 11) is -4.43. The molecule has 5 aromatic carbocycles. The molecule has 0 spiro atoms. The Kier molecular flexibility index (Phi) is 7.12. The lowest BCUT2D eigenvalue weighted by atomic mass is 9.93. The summed E-state index contributed by atoms with van der Waals surface area (Å²) in [5.74, 6) is 0. The van der Waals surface area contributed by atoms with Gasteiger partial charge in [-0.25, -0.2) is 8.42 Å². The van der Waals surface area contributed by atoms with Gasteiger partial charge in [-0.1, -0.05) is 66.7 Å². The largest absolute Gasteiger partial charge is 0.744 e. The normalized spacial score (nSPS) is 11.2. The number of benzene rings is 5. The molecule has 0 aliphatic rings. The zero-order chi connectivity index (χ0) is 23.4. The molecule has 0 saturated carbocycles. The summed E-state index contributed by atoms with van der Waals surface area (Å²) in [4.78, 5) is -0.178. The van der Waals surface area contributed by atoms with Crippen LogP contribution >= 0.6 is 0 Å². The van der Waals surface area contributed by atoms with E-state index in [0.29, 0.717) is 0 Å². The minimum atomic E-state index is -4.43. The Morgan fingerprint density at radius 3 is 1.48 bits per heavy atom. The Labute approximate surface area is 205 Å². The van der Waals surface area contributed by atoms with Gasteiger partial charge < -0.3 is 4.55 Å². The van der Waals surface area contributed by atoms with Crippen LogP contribution in [-0.4, -0.2) is 13.0 Å². The fourth-order valence-electron chi connectivity index (χ4n) is 3.82. The van der Waals surface area contributed by atoms with Gasteiger partial charge in [-0.05, 0) is 82.9 Å². The highest BCUT2D eigenvalue weighted by Gasteiger charge is 2.13. The summed E-state index contributed by atoms with van der Waals surface area (Å²) < 4.78 is 36.5. The summed E-state index contributed by atoms with van der Waals surface area (Å²) in [6.45, 7) is 3.96. The number of rotatable bonds is 3. The van der Waals surface area contributed by atoms with E-state index in [1.165, 1.54) is 19.3 Å². The van der Waals surface area contributed by atoms with Gasteiger partial charge in [0, 0.05) is 0 Å². The maximum Gasteiger partial charge on any atom is 0.357 e. The summed E-state index contributed by atoms with van der Waals surface area (Å²) in [6, 6.07) is 34.0. The van der Waals surface area contributed by atoms with Gasteiger partial charge in [-0.2, -0.15) is 0 Å². The van der Waals surface area contributed by atoms with E-state index >= 15 is 0 Å². The van der Waals surface area contributed by atoms with Crippen molar-refractivity contribution in [3.8, 4) is 0 Å². The SMILES string of the molecule is Cc1c2ccccc2c(C)c2cc(S(=O)(=O)[O-])ccc12.c1ccc([I+]c2ccccc2)cc1. The van der Waals surface area contributed by atoms with Crippen molar-refractivity contribution in [3.63, 3.8) is 0 Å². The number of hydrogen-bond donors (Lipinski definition) is 0. The van der Waals surface area contributed by atoms with Gasteiger partial charge in [0.15, 0.2) is 7.14 Å². The molecule has 0 unspecified atom stereocenters. The Hall–Kier alpha value is -2.74. The monoisotopic (exact) mass is 566 g/mol. The Morgan fingerprint density at radius 1 is 0.576 bits per heavy atom. The Morgan fingerprint density at radius 2 is 1.00 bits per heavy atom. The van der Waals surface area contributed by atoms with Crippen molar-refractivity contribution in [3.05, 3.63) is 121 Å². The zero-order valence-electron chi connectivity index (χ0n) is 18.3. The van der Waals surface area contributed by atoms with Crippen LogP contribution in [0.3, 0.4) is 0 Å². The lowest BCUT2D eigenvalue weighted by Gasteiger charge is -2.14. The van der Waals surface area contributed by atoms with E-state index in [-0.39, 0.29) is 26.1 Å². The van der Waals surface area contributed by atoms with Gasteiger partial charge in [0.05, 0.1) is 4.90 Å². The van der Waals surface area contributed by atoms with Gasteiger partial charge in [0.2, 0.25) is 0 Å². The second kappa shape index (κ2) is 10.0. The second-order valence-electron chi connectivity index (χ2n) is 7.64. The second-order valence-corrected chi connectivity index (χ2v) is 12.1. The van der Waals surface area contributed by atoms with Crippen LogP contribution in [0.1, 0.15) is 11.1 Å². The highest BCUT2D eigenvalue weighted by atomic mass is 127. The van der Waals surface area contributed by atoms with Gasteiger partial charge in [0.1, 0.15) is 10.1 Å². The van der Waals surface area contributed by atoms with Crippen LogP contribution in [-0.2, 0) is 10.1 Å². The molecule has 5 heteroatoms. The highest BCUT2D eigenvalue weighted by molar-refractivity contribution is 7.85. The number of halogens is 1. The first kappa shape index (κ1) is 23.4. The summed E-state index contributed by atoms with van der Waals surface area (Å²) in [6.07, 6.45) is 0. The number of aryl methyl sites for hydroxylation is 2. The molecule has 0 aliphatic carbocycles. The van der Waals surface area contributed by atoms with Crippen LogP contribution in [0.2, 0.25) is 0 Å². The van der Waals surface area contributed by atoms with Gasteiger partial charge in [-0.3, -0.25) is 0 Å². The molecule has 0 bridgehead atoms. The molecule has 5 rings (SSSR count). The maximum absolute atomic E-state index is 11.2. The molecule has 3 nitrogen and oxygen atoms in total. The summed E-state index contributed by atoms with van der Waals surface area (Å²) >= 11 is 0.0287. The smallest absolute Gasteiger partial charge is 0.357 e. The molecule has 0 saturated heterocycles. The molecule has 0 aromatic heterocycles.